The monoisotopic (exact) mass is 159 g/mol. The van der Waals surface area contributed by atoms with E-state index in [0.29, 0.717) is 0 Å². The predicted octanol–water partition coefficient (Wildman–Crippen LogP) is 1.75. The Balaban J connectivity index is 3.69. The minimum atomic E-state index is 0.0737. The van der Waals surface area contributed by atoms with Crippen molar-refractivity contribution in [2.24, 2.45) is 0 Å². The van der Waals surface area contributed by atoms with E-state index in [-0.39, 0.29) is 5.60 Å². The lowest BCUT2D eigenvalue weighted by atomic mass is 9.99. The van der Waals surface area contributed by atoms with Gasteiger partial charge in [-0.2, -0.15) is 0 Å². The molecule has 0 fully saturated rings. The van der Waals surface area contributed by atoms with Gasteiger partial charge in [-0.15, -0.1) is 0 Å². The van der Waals surface area contributed by atoms with E-state index in [0.717, 1.165) is 19.4 Å². The molecule has 0 aromatic carbocycles. The summed E-state index contributed by atoms with van der Waals surface area (Å²) < 4.78 is 5.41. The zero-order chi connectivity index (χ0) is 8.91. The van der Waals surface area contributed by atoms with Crippen LogP contribution in [-0.4, -0.2) is 38.3 Å². The van der Waals surface area contributed by atoms with Crippen molar-refractivity contribution in [2.45, 2.75) is 32.3 Å². The molecule has 0 aliphatic rings. The molecule has 0 saturated heterocycles. The van der Waals surface area contributed by atoms with Crippen LogP contribution in [0.5, 0.6) is 0 Å². The number of nitrogens with zero attached hydrogens (tertiary/aromatic N) is 1. The van der Waals surface area contributed by atoms with Crippen LogP contribution in [0.15, 0.2) is 0 Å². The highest BCUT2D eigenvalue weighted by atomic mass is 16.5. The van der Waals surface area contributed by atoms with Crippen molar-refractivity contribution in [1.29, 1.82) is 0 Å². The Morgan fingerprint density at radius 2 is 1.91 bits per heavy atom. The lowest BCUT2D eigenvalue weighted by Gasteiger charge is -2.27. The molecule has 0 saturated carbocycles. The van der Waals surface area contributed by atoms with Gasteiger partial charge in [0.05, 0.1) is 5.60 Å². The average Bonchev–Trinajstić information content (AvgIpc) is 2.00. The van der Waals surface area contributed by atoms with Gasteiger partial charge in [-0.25, -0.2) is 0 Å². The molecule has 1 atom stereocenters. The Morgan fingerprint density at radius 1 is 1.36 bits per heavy atom. The van der Waals surface area contributed by atoms with Crippen LogP contribution in [0.2, 0.25) is 0 Å². The summed E-state index contributed by atoms with van der Waals surface area (Å²) in [5.74, 6) is 0. The molecule has 0 aliphatic carbocycles. The highest BCUT2D eigenvalue weighted by molar-refractivity contribution is 4.73. The zero-order valence-corrected chi connectivity index (χ0v) is 8.48. The molecule has 2 nitrogen and oxygen atoms in total. The van der Waals surface area contributed by atoms with Crippen LogP contribution in [0.4, 0.5) is 0 Å². The fourth-order valence-electron chi connectivity index (χ4n) is 0.883. The van der Waals surface area contributed by atoms with Gasteiger partial charge in [0.2, 0.25) is 0 Å². The van der Waals surface area contributed by atoms with Crippen LogP contribution in [0.25, 0.3) is 0 Å². The minimum Gasteiger partial charge on any atom is -0.378 e. The van der Waals surface area contributed by atoms with Gasteiger partial charge >= 0.3 is 0 Å². The first-order valence-electron chi connectivity index (χ1n) is 4.24. The van der Waals surface area contributed by atoms with Crippen molar-refractivity contribution in [2.75, 3.05) is 27.7 Å². The summed E-state index contributed by atoms with van der Waals surface area (Å²) in [6, 6.07) is 0. The molecule has 0 heterocycles. The van der Waals surface area contributed by atoms with E-state index >= 15 is 0 Å². The number of methoxy groups -OCH3 is 1. The van der Waals surface area contributed by atoms with E-state index in [1.807, 2.05) is 0 Å². The molecule has 0 rings (SSSR count). The van der Waals surface area contributed by atoms with Gasteiger partial charge in [0.1, 0.15) is 0 Å². The Bertz CT molecular complexity index is 97.7. The highest BCUT2D eigenvalue weighted by Crippen LogP contribution is 2.18. The first-order chi connectivity index (χ1) is 5.04. The molecule has 0 aliphatic heterocycles. The second kappa shape index (κ2) is 4.73. The SMILES string of the molecule is CCC(C)(CCN(C)C)OC. The largest absolute Gasteiger partial charge is 0.378 e. The van der Waals surface area contributed by atoms with Crippen molar-refractivity contribution in [3.63, 3.8) is 0 Å². The van der Waals surface area contributed by atoms with Crippen LogP contribution in [0.1, 0.15) is 26.7 Å². The van der Waals surface area contributed by atoms with Crippen molar-refractivity contribution >= 4 is 0 Å². The van der Waals surface area contributed by atoms with Gasteiger partial charge < -0.3 is 9.64 Å². The van der Waals surface area contributed by atoms with Crippen LogP contribution < -0.4 is 0 Å². The molecule has 0 amide bonds. The molecule has 11 heavy (non-hydrogen) atoms. The van der Waals surface area contributed by atoms with Crippen molar-refractivity contribution in [1.82, 2.24) is 4.90 Å². The molecule has 0 bridgehead atoms. The predicted molar refractivity (Wildman–Crippen MR) is 48.9 cm³/mol. The highest BCUT2D eigenvalue weighted by Gasteiger charge is 2.20. The normalized spacial score (nSPS) is 16.9. The molecule has 2 heteroatoms. The van der Waals surface area contributed by atoms with Crippen molar-refractivity contribution < 1.29 is 4.74 Å². The van der Waals surface area contributed by atoms with Gasteiger partial charge in [-0.05, 0) is 33.9 Å². The third-order valence-electron chi connectivity index (χ3n) is 2.33. The van der Waals surface area contributed by atoms with Gasteiger partial charge in [0.15, 0.2) is 0 Å². The number of hydrogen-bond donors (Lipinski definition) is 0. The van der Waals surface area contributed by atoms with Crippen LogP contribution in [-0.2, 0) is 4.74 Å². The molecule has 0 aromatic rings. The van der Waals surface area contributed by atoms with Gasteiger partial charge in [-0.3, -0.25) is 0 Å². The zero-order valence-electron chi connectivity index (χ0n) is 8.48. The summed E-state index contributed by atoms with van der Waals surface area (Å²) in [7, 11) is 5.97. The van der Waals surface area contributed by atoms with E-state index in [4.69, 9.17) is 4.74 Å². The molecule has 0 N–H and O–H groups in total. The van der Waals surface area contributed by atoms with E-state index in [9.17, 15) is 0 Å². The lowest BCUT2D eigenvalue weighted by molar-refractivity contribution is -0.00866. The van der Waals surface area contributed by atoms with Crippen LogP contribution >= 0.6 is 0 Å². The maximum atomic E-state index is 5.41. The first-order valence-corrected chi connectivity index (χ1v) is 4.24. The number of ether oxygens (including phenoxy) is 1. The molecule has 68 valence electrons. The molecular formula is C9H21NO. The Hall–Kier alpha value is -0.0800. The Kier molecular flexibility index (Phi) is 4.69. The van der Waals surface area contributed by atoms with Crippen LogP contribution in [0.3, 0.4) is 0 Å². The molecule has 1 unspecified atom stereocenters. The van der Waals surface area contributed by atoms with Crippen molar-refractivity contribution in [3.05, 3.63) is 0 Å². The Labute approximate surface area is 70.5 Å². The summed E-state index contributed by atoms with van der Waals surface area (Å²) in [4.78, 5) is 2.19. The summed E-state index contributed by atoms with van der Waals surface area (Å²) in [6.07, 6.45) is 2.18. The Morgan fingerprint density at radius 3 is 2.18 bits per heavy atom. The van der Waals surface area contributed by atoms with Gasteiger partial charge in [-0.1, -0.05) is 6.92 Å². The van der Waals surface area contributed by atoms with Crippen molar-refractivity contribution in [3.8, 4) is 0 Å². The second-order valence-corrected chi connectivity index (χ2v) is 3.56. The topological polar surface area (TPSA) is 12.5 Å². The van der Waals surface area contributed by atoms with E-state index in [2.05, 4.69) is 32.8 Å². The quantitative estimate of drug-likeness (QED) is 0.606. The van der Waals surface area contributed by atoms with Gasteiger partial charge in [0.25, 0.3) is 0 Å². The van der Waals surface area contributed by atoms with E-state index < -0.39 is 0 Å². The number of hydrogen-bond acceptors (Lipinski definition) is 2. The third-order valence-corrected chi connectivity index (χ3v) is 2.33. The fraction of sp³-hybridized carbons (Fsp3) is 1.00. The summed E-state index contributed by atoms with van der Waals surface area (Å²) in [6.45, 7) is 5.42. The third kappa shape index (κ3) is 4.38. The summed E-state index contributed by atoms with van der Waals surface area (Å²) >= 11 is 0. The molecule has 0 aromatic heterocycles. The fourth-order valence-corrected chi connectivity index (χ4v) is 0.883. The van der Waals surface area contributed by atoms with E-state index in [1.165, 1.54) is 0 Å². The molecule has 0 radical (unpaired) electrons. The van der Waals surface area contributed by atoms with E-state index in [1.54, 1.807) is 7.11 Å². The second-order valence-electron chi connectivity index (χ2n) is 3.56. The van der Waals surface area contributed by atoms with Gasteiger partial charge in [0, 0.05) is 13.7 Å². The first kappa shape index (κ1) is 10.9. The standard InChI is InChI=1S/C9H21NO/c1-6-9(2,11-5)7-8-10(3)4/h6-8H2,1-5H3. The molecular weight excluding hydrogens is 138 g/mol. The maximum absolute atomic E-state index is 5.41. The number of rotatable bonds is 5. The summed E-state index contributed by atoms with van der Waals surface area (Å²) in [5.41, 5.74) is 0.0737. The minimum absolute atomic E-state index is 0.0737. The average molecular weight is 159 g/mol. The maximum Gasteiger partial charge on any atom is 0.0660 e. The summed E-state index contributed by atoms with van der Waals surface area (Å²) in [5, 5.41) is 0. The smallest absolute Gasteiger partial charge is 0.0660 e. The molecule has 0 spiro atoms. The lowest BCUT2D eigenvalue weighted by Crippen LogP contribution is -2.31. The van der Waals surface area contributed by atoms with Crippen LogP contribution in [0, 0.1) is 0 Å².